The number of benzene rings is 4. The third kappa shape index (κ3) is 5.47. The average molecular weight is 550 g/mol. The fraction of sp³-hybridized carbons (Fsp3) is 0.103. The number of thioether (sulfide) groups is 1. The highest BCUT2D eigenvalue weighted by atomic mass is 35.5. The highest BCUT2D eigenvalue weighted by Gasteiger charge is 2.35. The number of ether oxygens (including phenoxy) is 2. The van der Waals surface area contributed by atoms with Crippen LogP contribution >= 0.6 is 35.0 Å². The number of hydrogen-bond donors (Lipinski definition) is 0. The van der Waals surface area contributed by atoms with Crippen LogP contribution in [0.15, 0.2) is 83.8 Å². The lowest BCUT2D eigenvalue weighted by Gasteiger charge is -2.14. The van der Waals surface area contributed by atoms with Gasteiger partial charge in [-0.3, -0.25) is 14.5 Å². The third-order valence-electron chi connectivity index (χ3n) is 5.97. The zero-order chi connectivity index (χ0) is 25.9. The molecular formula is C29H21Cl2NO4S. The molecule has 0 radical (unpaired) electrons. The minimum absolute atomic E-state index is 0.215. The van der Waals surface area contributed by atoms with Gasteiger partial charge < -0.3 is 9.47 Å². The second kappa shape index (κ2) is 10.9. The maximum Gasteiger partial charge on any atom is 0.293 e. The van der Waals surface area contributed by atoms with Gasteiger partial charge in [-0.2, -0.15) is 0 Å². The van der Waals surface area contributed by atoms with Crippen LogP contribution in [0.5, 0.6) is 11.5 Å². The molecule has 1 heterocycles. The molecule has 1 aliphatic heterocycles. The number of fused-ring (bicyclic) bond motifs is 1. The molecule has 1 fully saturated rings. The molecule has 0 unspecified atom stereocenters. The van der Waals surface area contributed by atoms with Gasteiger partial charge in [-0.25, -0.2) is 0 Å². The number of imide groups is 1. The molecular weight excluding hydrogens is 529 g/mol. The zero-order valence-corrected chi connectivity index (χ0v) is 22.1. The number of halogens is 2. The molecule has 186 valence electrons. The predicted octanol–water partition coefficient (Wildman–Crippen LogP) is 7.97. The van der Waals surface area contributed by atoms with Crippen LogP contribution in [-0.4, -0.2) is 23.2 Å². The largest absolute Gasteiger partial charge is 0.493 e. The fourth-order valence-corrected chi connectivity index (χ4v) is 5.38. The molecule has 0 spiro atoms. The number of amides is 2. The van der Waals surface area contributed by atoms with Gasteiger partial charge in [0.1, 0.15) is 6.61 Å². The molecule has 4 aromatic carbocycles. The van der Waals surface area contributed by atoms with E-state index in [2.05, 4.69) is 0 Å². The lowest BCUT2D eigenvalue weighted by Crippen LogP contribution is -2.27. The van der Waals surface area contributed by atoms with Crippen molar-refractivity contribution in [2.24, 2.45) is 0 Å². The van der Waals surface area contributed by atoms with Crippen LogP contribution in [-0.2, 0) is 17.9 Å². The van der Waals surface area contributed by atoms with Gasteiger partial charge in [0, 0.05) is 15.6 Å². The van der Waals surface area contributed by atoms with Crippen molar-refractivity contribution in [3.63, 3.8) is 0 Å². The Morgan fingerprint density at radius 3 is 2.51 bits per heavy atom. The number of carbonyl (C=O) groups is 2. The van der Waals surface area contributed by atoms with E-state index in [9.17, 15) is 9.59 Å². The van der Waals surface area contributed by atoms with Crippen LogP contribution in [0.1, 0.15) is 16.7 Å². The quantitative estimate of drug-likeness (QED) is 0.219. The topological polar surface area (TPSA) is 55.8 Å². The first kappa shape index (κ1) is 25.2. The Labute approximate surface area is 228 Å². The van der Waals surface area contributed by atoms with Gasteiger partial charge >= 0.3 is 0 Å². The summed E-state index contributed by atoms with van der Waals surface area (Å²) in [4.78, 5) is 27.5. The van der Waals surface area contributed by atoms with Gasteiger partial charge in [0.05, 0.1) is 18.6 Å². The lowest BCUT2D eigenvalue weighted by molar-refractivity contribution is -0.123. The van der Waals surface area contributed by atoms with E-state index in [-0.39, 0.29) is 24.3 Å². The van der Waals surface area contributed by atoms with Crippen LogP contribution in [0.25, 0.3) is 16.8 Å². The van der Waals surface area contributed by atoms with Crippen molar-refractivity contribution < 1.29 is 19.1 Å². The van der Waals surface area contributed by atoms with Crippen molar-refractivity contribution in [3.8, 4) is 11.5 Å². The highest BCUT2D eigenvalue weighted by Crippen LogP contribution is 2.36. The number of nitrogens with zero attached hydrogens (tertiary/aromatic N) is 1. The van der Waals surface area contributed by atoms with Crippen molar-refractivity contribution >= 4 is 63.0 Å². The second-order valence-electron chi connectivity index (χ2n) is 8.34. The van der Waals surface area contributed by atoms with E-state index in [0.717, 1.165) is 33.7 Å². The zero-order valence-electron chi connectivity index (χ0n) is 19.7. The van der Waals surface area contributed by atoms with Crippen LogP contribution in [0.3, 0.4) is 0 Å². The van der Waals surface area contributed by atoms with E-state index in [1.54, 1.807) is 49.6 Å². The molecule has 1 saturated heterocycles. The van der Waals surface area contributed by atoms with Crippen molar-refractivity contribution in [1.82, 2.24) is 4.90 Å². The molecule has 5 nitrogen and oxygen atoms in total. The second-order valence-corrected chi connectivity index (χ2v) is 10.2. The van der Waals surface area contributed by atoms with Gasteiger partial charge in [0.2, 0.25) is 0 Å². The summed E-state index contributed by atoms with van der Waals surface area (Å²) in [7, 11) is 1.54. The number of methoxy groups -OCH3 is 1. The summed E-state index contributed by atoms with van der Waals surface area (Å²) in [6.45, 7) is 0.450. The first-order chi connectivity index (χ1) is 17.9. The summed E-state index contributed by atoms with van der Waals surface area (Å²) in [5, 5.41) is 2.86. The van der Waals surface area contributed by atoms with Gasteiger partial charge in [-0.1, -0.05) is 77.8 Å². The molecule has 0 aromatic heterocycles. The fourth-order valence-electron chi connectivity index (χ4n) is 4.08. The van der Waals surface area contributed by atoms with E-state index in [4.69, 9.17) is 32.7 Å². The molecule has 0 aliphatic carbocycles. The SMILES string of the molecule is COc1cc(/C=C2\SC(=O)N(Cc3cccc4ccccc34)C2=O)ccc1OCc1ccc(Cl)cc1Cl. The normalized spacial score (nSPS) is 14.6. The molecule has 8 heteroatoms. The summed E-state index contributed by atoms with van der Waals surface area (Å²) in [6.07, 6.45) is 1.69. The summed E-state index contributed by atoms with van der Waals surface area (Å²) in [5.74, 6) is 0.697. The Kier molecular flexibility index (Phi) is 7.42. The van der Waals surface area contributed by atoms with Gasteiger partial charge in [-0.15, -0.1) is 0 Å². The molecule has 5 rings (SSSR count). The third-order valence-corrected chi connectivity index (χ3v) is 7.46. The maximum atomic E-state index is 13.1. The summed E-state index contributed by atoms with van der Waals surface area (Å²) < 4.78 is 11.4. The van der Waals surface area contributed by atoms with Crippen molar-refractivity contribution in [1.29, 1.82) is 0 Å². The monoisotopic (exact) mass is 549 g/mol. The predicted molar refractivity (Wildman–Crippen MR) is 149 cm³/mol. The summed E-state index contributed by atoms with van der Waals surface area (Å²) in [6, 6.07) is 24.3. The molecule has 37 heavy (non-hydrogen) atoms. The Hall–Kier alpha value is -3.45. The minimum Gasteiger partial charge on any atom is -0.493 e. The number of carbonyl (C=O) groups excluding carboxylic acids is 2. The molecule has 2 amide bonds. The van der Waals surface area contributed by atoms with Crippen LogP contribution in [0.4, 0.5) is 4.79 Å². The van der Waals surface area contributed by atoms with Crippen molar-refractivity contribution in [2.45, 2.75) is 13.2 Å². The highest BCUT2D eigenvalue weighted by molar-refractivity contribution is 8.18. The molecule has 4 aromatic rings. The molecule has 0 saturated carbocycles. The van der Waals surface area contributed by atoms with E-state index in [1.807, 2.05) is 42.5 Å². The average Bonchev–Trinajstić information content (AvgIpc) is 3.16. The molecule has 0 bridgehead atoms. The number of hydrogen-bond acceptors (Lipinski definition) is 5. The van der Waals surface area contributed by atoms with E-state index in [0.29, 0.717) is 32.0 Å². The number of rotatable bonds is 7. The van der Waals surface area contributed by atoms with Crippen LogP contribution < -0.4 is 9.47 Å². The van der Waals surface area contributed by atoms with Gasteiger partial charge in [0.15, 0.2) is 11.5 Å². The van der Waals surface area contributed by atoms with E-state index >= 15 is 0 Å². The molecule has 0 N–H and O–H groups in total. The lowest BCUT2D eigenvalue weighted by atomic mass is 10.0. The Bertz CT molecular complexity index is 1550. The van der Waals surface area contributed by atoms with Crippen molar-refractivity contribution in [3.05, 3.63) is 111 Å². The molecule has 1 aliphatic rings. The van der Waals surface area contributed by atoms with Crippen LogP contribution in [0.2, 0.25) is 10.0 Å². The first-order valence-corrected chi connectivity index (χ1v) is 13.0. The van der Waals surface area contributed by atoms with Crippen molar-refractivity contribution in [2.75, 3.05) is 7.11 Å². The first-order valence-electron chi connectivity index (χ1n) is 11.4. The Morgan fingerprint density at radius 2 is 1.70 bits per heavy atom. The standard InChI is InChI=1S/C29H21Cl2NO4S/c1-35-26-13-18(9-12-25(26)36-17-21-10-11-22(30)15-24(21)31)14-27-28(33)32(29(34)37-27)16-20-7-4-6-19-5-2-3-8-23(19)20/h2-15H,16-17H2,1H3/b27-14-. The summed E-state index contributed by atoms with van der Waals surface area (Å²) in [5.41, 5.74) is 2.42. The van der Waals surface area contributed by atoms with E-state index in [1.165, 1.54) is 4.90 Å². The van der Waals surface area contributed by atoms with Gasteiger partial charge in [0.25, 0.3) is 11.1 Å². The Morgan fingerprint density at radius 1 is 0.892 bits per heavy atom. The van der Waals surface area contributed by atoms with Gasteiger partial charge in [-0.05, 0) is 64.0 Å². The Balaban J connectivity index is 1.33. The smallest absolute Gasteiger partial charge is 0.293 e. The van der Waals surface area contributed by atoms with E-state index < -0.39 is 0 Å². The molecule has 0 atom stereocenters. The summed E-state index contributed by atoms with van der Waals surface area (Å²) >= 11 is 13.1. The maximum absolute atomic E-state index is 13.1. The minimum atomic E-state index is -0.320. The van der Waals surface area contributed by atoms with Crippen LogP contribution in [0, 0.1) is 0 Å².